The van der Waals surface area contributed by atoms with Crippen molar-refractivity contribution in [3.05, 3.63) is 35.9 Å². The molecule has 3 N–H and O–H groups in total. The maximum absolute atomic E-state index is 12.0. The van der Waals surface area contributed by atoms with Gasteiger partial charge < -0.3 is 15.8 Å². The molecule has 0 radical (unpaired) electrons. The average molecular weight is 315 g/mol. The van der Waals surface area contributed by atoms with Gasteiger partial charge in [0.2, 0.25) is 5.91 Å². The van der Waals surface area contributed by atoms with Crippen molar-refractivity contribution in [2.45, 2.75) is 25.8 Å². The van der Waals surface area contributed by atoms with Gasteiger partial charge in [0.15, 0.2) is 0 Å². The number of hydrogen-bond acceptors (Lipinski definition) is 4. The van der Waals surface area contributed by atoms with Crippen LogP contribution < -0.4 is 11.1 Å². The predicted molar refractivity (Wildman–Crippen MR) is 84.0 cm³/mol. The molecule has 0 aliphatic heterocycles. The van der Waals surface area contributed by atoms with Gasteiger partial charge in [-0.2, -0.15) is 0 Å². The lowest BCUT2D eigenvalue weighted by Gasteiger charge is -2.19. The maximum atomic E-state index is 12.0. The first-order chi connectivity index (χ1) is 9.56. The van der Waals surface area contributed by atoms with E-state index in [1.807, 2.05) is 30.3 Å². The molecule has 118 valence electrons. The van der Waals surface area contributed by atoms with Gasteiger partial charge >= 0.3 is 5.97 Å². The molecule has 6 heteroatoms. The van der Waals surface area contributed by atoms with E-state index in [0.29, 0.717) is 19.4 Å². The van der Waals surface area contributed by atoms with Gasteiger partial charge in [-0.3, -0.25) is 9.59 Å². The van der Waals surface area contributed by atoms with Gasteiger partial charge in [-0.1, -0.05) is 37.3 Å². The Morgan fingerprint density at radius 2 is 1.90 bits per heavy atom. The molecule has 1 aromatic carbocycles. The molecular weight excluding hydrogens is 292 g/mol. The van der Waals surface area contributed by atoms with E-state index in [0.717, 1.165) is 5.56 Å². The number of methoxy groups -OCH3 is 1. The Labute approximate surface area is 131 Å². The number of amides is 1. The normalized spacial score (nSPS) is 12.7. The van der Waals surface area contributed by atoms with Crippen LogP contribution in [0.5, 0.6) is 0 Å². The lowest BCUT2D eigenvalue weighted by Crippen LogP contribution is -2.36. The lowest BCUT2D eigenvalue weighted by molar-refractivity contribution is -0.140. The maximum Gasteiger partial charge on any atom is 0.305 e. The molecule has 0 saturated heterocycles. The van der Waals surface area contributed by atoms with Crippen LogP contribution in [0.3, 0.4) is 0 Å². The number of rotatable bonds is 7. The number of hydrogen-bond donors (Lipinski definition) is 2. The zero-order valence-corrected chi connectivity index (χ0v) is 13.2. The van der Waals surface area contributed by atoms with E-state index in [9.17, 15) is 9.59 Å². The largest absolute Gasteiger partial charge is 0.469 e. The highest BCUT2D eigenvalue weighted by Crippen LogP contribution is 2.18. The number of esters is 1. The van der Waals surface area contributed by atoms with E-state index in [-0.39, 0.29) is 36.2 Å². The van der Waals surface area contributed by atoms with Crippen LogP contribution in [-0.4, -0.2) is 25.5 Å². The van der Waals surface area contributed by atoms with E-state index < -0.39 is 0 Å². The van der Waals surface area contributed by atoms with Crippen molar-refractivity contribution >= 4 is 24.3 Å². The van der Waals surface area contributed by atoms with Crippen molar-refractivity contribution < 1.29 is 14.3 Å². The second kappa shape index (κ2) is 10.2. The molecular formula is C15H23ClN2O3. The molecule has 1 amide bonds. The standard InChI is InChI=1S/C15H22N2O3.ClH/c1-11(14(16)12-7-4-3-5-8-12)15(19)17-10-6-9-13(18)20-2;/h3-5,7-8,11,14H,6,9-10,16H2,1-2H3,(H,17,19);1H. The minimum absolute atomic E-state index is 0. The summed E-state index contributed by atoms with van der Waals surface area (Å²) in [6.07, 6.45) is 0.863. The highest BCUT2D eigenvalue weighted by atomic mass is 35.5. The molecule has 2 atom stereocenters. The molecule has 0 fully saturated rings. The fourth-order valence-electron chi connectivity index (χ4n) is 1.83. The van der Waals surface area contributed by atoms with Crippen molar-refractivity contribution in [3.63, 3.8) is 0 Å². The van der Waals surface area contributed by atoms with Gasteiger partial charge in [0.05, 0.1) is 13.0 Å². The number of carbonyl (C=O) groups excluding carboxylic acids is 2. The third kappa shape index (κ3) is 6.60. The molecule has 0 aliphatic carbocycles. The minimum atomic E-state index is -0.336. The summed E-state index contributed by atoms with van der Waals surface area (Å²) in [5.74, 6) is -0.699. The van der Waals surface area contributed by atoms with E-state index in [1.54, 1.807) is 6.92 Å². The topological polar surface area (TPSA) is 81.4 Å². The number of nitrogens with two attached hydrogens (primary N) is 1. The average Bonchev–Trinajstić information content (AvgIpc) is 2.50. The van der Waals surface area contributed by atoms with Crippen molar-refractivity contribution in [2.24, 2.45) is 11.7 Å². The van der Waals surface area contributed by atoms with Gasteiger partial charge in [0.25, 0.3) is 0 Å². The fourth-order valence-corrected chi connectivity index (χ4v) is 1.83. The predicted octanol–water partition coefficient (Wildman–Crippen LogP) is 1.81. The number of ether oxygens (including phenoxy) is 1. The van der Waals surface area contributed by atoms with Crippen LogP contribution in [0.25, 0.3) is 0 Å². The molecule has 0 spiro atoms. The van der Waals surface area contributed by atoms with E-state index in [2.05, 4.69) is 10.1 Å². The smallest absolute Gasteiger partial charge is 0.305 e. The zero-order valence-electron chi connectivity index (χ0n) is 12.4. The summed E-state index contributed by atoms with van der Waals surface area (Å²) in [4.78, 5) is 22.9. The highest BCUT2D eigenvalue weighted by molar-refractivity contribution is 5.85. The first kappa shape index (κ1) is 19.4. The first-order valence-electron chi connectivity index (χ1n) is 6.71. The Bertz CT molecular complexity index is 440. The third-order valence-corrected chi connectivity index (χ3v) is 3.22. The summed E-state index contributed by atoms with van der Waals surface area (Å²) in [6.45, 7) is 2.24. The van der Waals surface area contributed by atoms with Crippen molar-refractivity contribution in [2.75, 3.05) is 13.7 Å². The van der Waals surface area contributed by atoms with Crippen LogP contribution in [0.4, 0.5) is 0 Å². The second-order valence-corrected chi connectivity index (χ2v) is 4.70. The summed E-state index contributed by atoms with van der Waals surface area (Å²) in [6, 6.07) is 9.19. The Morgan fingerprint density at radius 1 is 1.29 bits per heavy atom. The SMILES string of the molecule is COC(=O)CCCNC(=O)C(C)C(N)c1ccccc1.Cl. The van der Waals surface area contributed by atoms with Gasteiger partial charge in [-0.15, -0.1) is 12.4 Å². The van der Waals surface area contributed by atoms with Gasteiger partial charge in [0, 0.05) is 19.0 Å². The summed E-state index contributed by atoms with van der Waals surface area (Å²) >= 11 is 0. The summed E-state index contributed by atoms with van der Waals surface area (Å²) in [5, 5.41) is 2.79. The van der Waals surface area contributed by atoms with E-state index >= 15 is 0 Å². The highest BCUT2D eigenvalue weighted by Gasteiger charge is 2.21. The first-order valence-corrected chi connectivity index (χ1v) is 6.71. The van der Waals surface area contributed by atoms with Gasteiger partial charge in [-0.25, -0.2) is 0 Å². The van der Waals surface area contributed by atoms with Crippen molar-refractivity contribution in [1.29, 1.82) is 0 Å². The van der Waals surface area contributed by atoms with Gasteiger partial charge in [-0.05, 0) is 12.0 Å². The molecule has 0 heterocycles. The monoisotopic (exact) mass is 314 g/mol. The summed E-state index contributed by atoms with van der Waals surface area (Å²) in [5.41, 5.74) is 7.01. The van der Waals surface area contributed by atoms with E-state index in [1.165, 1.54) is 7.11 Å². The lowest BCUT2D eigenvalue weighted by atomic mass is 9.94. The Kier molecular flexibility index (Phi) is 9.41. The van der Waals surface area contributed by atoms with Crippen LogP contribution in [-0.2, 0) is 14.3 Å². The van der Waals surface area contributed by atoms with Gasteiger partial charge in [0.1, 0.15) is 0 Å². The second-order valence-electron chi connectivity index (χ2n) is 4.70. The van der Waals surface area contributed by atoms with Crippen LogP contribution >= 0.6 is 12.4 Å². The fraction of sp³-hybridized carbons (Fsp3) is 0.467. The molecule has 1 rings (SSSR count). The number of carbonyl (C=O) groups is 2. The number of benzene rings is 1. The molecule has 5 nitrogen and oxygen atoms in total. The summed E-state index contributed by atoms with van der Waals surface area (Å²) in [7, 11) is 1.35. The Hall–Kier alpha value is -1.59. The van der Waals surface area contributed by atoms with Crippen molar-refractivity contribution in [3.8, 4) is 0 Å². The third-order valence-electron chi connectivity index (χ3n) is 3.22. The zero-order chi connectivity index (χ0) is 15.0. The minimum Gasteiger partial charge on any atom is -0.469 e. The molecule has 0 aromatic heterocycles. The Balaban J connectivity index is 0.00000400. The van der Waals surface area contributed by atoms with Crippen LogP contribution in [0.1, 0.15) is 31.4 Å². The van der Waals surface area contributed by atoms with Crippen molar-refractivity contribution in [1.82, 2.24) is 5.32 Å². The van der Waals surface area contributed by atoms with E-state index in [4.69, 9.17) is 5.73 Å². The number of nitrogens with one attached hydrogen (secondary N) is 1. The quantitative estimate of drug-likeness (QED) is 0.594. The number of halogens is 1. The molecule has 21 heavy (non-hydrogen) atoms. The molecule has 0 saturated carbocycles. The van der Waals surface area contributed by atoms with Crippen LogP contribution in [0.2, 0.25) is 0 Å². The Morgan fingerprint density at radius 3 is 2.48 bits per heavy atom. The van der Waals surface area contributed by atoms with Crippen LogP contribution in [0.15, 0.2) is 30.3 Å². The molecule has 2 unspecified atom stereocenters. The van der Waals surface area contributed by atoms with Crippen LogP contribution in [0, 0.1) is 5.92 Å². The molecule has 1 aromatic rings. The summed E-state index contributed by atoms with van der Waals surface area (Å²) < 4.78 is 4.53. The molecule has 0 aliphatic rings. The molecule has 0 bridgehead atoms.